The van der Waals surface area contributed by atoms with Gasteiger partial charge in [0.15, 0.2) is 0 Å². The molecule has 1 fully saturated rings. The SMILES string of the molecule is CC(C)C[C@H](N)C(=O)N1C[C@H](CO)[C@@H](O)[C@H](O)C1. The van der Waals surface area contributed by atoms with Crippen LogP contribution in [0.4, 0.5) is 0 Å². The average Bonchev–Trinajstić information content (AvgIpc) is 2.30. The molecule has 4 atom stereocenters. The van der Waals surface area contributed by atoms with Crippen LogP contribution in [-0.2, 0) is 4.79 Å². The van der Waals surface area contributed by atoms with Gasteiger partial charge in [-0.3, -0.25) is 4.79 Å². The van der Waals surface area contributed by atoms with Crippen molar-refractivity contribution in [3.63, 3.8) is 0 Å². The van der Waals surface area contributed by atoms with Crippen molar-refractivity contribution in [1.82, 2.24) is 4.90 Å². The lowest BCUT2D eigenvalue weighted by atomic mass is 9.92. The molecule has 6 heteroatoms. The van der Waals surface area contributed by atoms with Crippen LogP contribution in [0.5, 0.6) is 0 Å². The highest BCUT2D eigenvalue weighted by atomic mass is 16.3. The van der Waals surface area contributed by atoms with Crippen LogP contribution < -0.4 is 5.73 Å². The van der Waals surface area contributed by atoms with Gasteiger partial charge in [-0.05, 0) is 12.3 Å². The van der Waals surface area contributed by atoms with Gasteiger partial charge in [-0.2, -0.15) is 0 Å². The molecular weight excluding hydrogens is 236 g/mol. The minimum absolute atomic E-state index is 0.0717. The molecule has 1 amide bonds. The van der Waals surface area contributed by atoms with E-state index in [0.29, 0.717) is 12.3 Å². The second-order valence-corrected chi connectivity index (χ2v) is 5.48. The molecule has 1 heterocycles. The Morgan fingerprint density at radius 2 is 2.00 bits per heavy atom. The van der Waals surface area contributed by atoms with Gasteiger partial charge in [0, 0.05) is 19.0 Å². The monoisotopic (exact) mass is 260 g/mol. The molecule has 5 N–H and O–H groups in total. The number of piperidine rings is 1. The molecule has 0 aromatic carbocycles. The van der Waals surface area contributed by atoms with E-state index < -0.39 is 24.2 Å². The summed E-state index contributed by atoms with van der Waals surface area (Å²) in [6.07, 6.45) is -1.43. The third-order valence-corrected chi connectivity index (χ3v) is 3.33. The van der Waals surface area contributed by atoms with E-state index in [-0.39, 0.29) is 25.6 Å². The number of carbonyl (C=O) groups excluding carboxylic acids is 1. The first kappa shape index (κ1) is 15.4. The molecule has 0 saturated carbocycles. The summed E-state index contributed by atoms with van der Waals surface area (Å²) >= 11 is 0. The second kappa shape index (κ2) is 6.47. The van der Waals surface area contributed by atoms with E-state index in [2.05, 4.69) is 0 Å². The third kappa shape index (κ3) is 3.65. The number of aliphatic hydroxyl groups excluding tert-OH is 3. The fourth-order valence-electron chi connectivity index (χ4n) is 2.30. The van der Waals surface area contributed by atoms with Crippen LogP contribution in [0.3, 0.4) is 0 Å². The van der Waals surface area contributed by atoms with Crippen molar-refractivity contribution in [2.45, 2.75) is 38.5 Å². The molecule has 0 aromatic heterocycles. The van der Waals surface area contributed by atoms with Gasteiger partial charge in [0.05, 0.1) is 24.9 Å². The quantitative estimate of drug-likeness (QED) is 0.494. The Morgan fingerprint density at radius 1 is 1.39 bits per heavy atom. The Bertz CT molecular complexity index is 285. The van der Waals surface area contributed by atoms with Crippen molar-refractivity contribution in [3.8, 4) is 0 Å². The van der Waals surface area contributed by atoms with Gasteiger partial charge in [0.25, 0.3) is 0 Å². The highest BCUT2D eigenvalue weighted by Crippen LogP contribution is 2.19. The minimum Gasteiger partial charge on any atom is -0.396 e. The molecule has 0 bridgehead atoms. The van der Waals surface area contributed by atoms with Gasteiger partial charge in [0.1, 0.15) is 0 Å². The maximum atomic E-state index is 12.1. The van der Waals surface area contributed by atoms with Gasteiger partial charge >= 0.3 is 0 Å². The Labute approximate surface area is 107 Å². The number of nitrogens with two attached hydrogens (primary N) is 1. The molecule has 0 aromatic rings. The lowest BCUT2D eigenvalue weighted by Crippen LogP contribution is -2.58. The standard InChI is InChI=1S/C12H24N2O4/c1-7(2)3-9(13)12(18)14-4-8(6-15)11(17)10(16)5-14/h7-11,15-17H,3-6,13H2,1-2H3/t8-,9+,10-,11-/m1/s1. The zero-order valence-electron chi connectivity index (χ0n) is 11.0. The normalized spacial score (nSPS) is 30.6. The van der Waals surface area contributed by atoms with Gasteiger partial charge in [0.2, 0.25) is 5.91 Å². The lowest BCUT2D eigenvalue weighted by molar-refractivity contribution is -0.145. The largest absolute Gasteiger partial charge is 0.396 e. The number of hydrogen-bond donors (Lipinski definition) is 4. The van der Waals surface area contributed by atoms with Gasteiger partial charge < -0.3 is 26.0 Å². The lowest BCUT2D eigenvalue weighted by Gasteiger charge is -2.39. The molecular formula is C12H24N2O4. The fourth-order valence-corrected chi connectivity index (χ4v) is 2.30. The van der Waals surface area contributed by atoms with Gasteiger partial charge in [-0.25, -0.2) is 0 Å². The second-order valence-electron chi connectivity index (χ2n) is 5.48. The summed E-state index contributed by atoms with van der Waals surface area (Å²) < 4.78 is 0. The molecule has 1 saturated heterocycles. The average molecular weight is 260 g/mol. The van der Waals surface area contributed by atoms with Crippen molar-refractivity contribution in [3.05, 3.63) is 0 Å². The van der Waals surface area contributed by atoms with E-state index in [1.54, 1.807) is 0 Å². The van der Waals surface area contributed by atoms with Crippen molar-refractivity contribution in [2.24, 2.45) is 17.6 Å². The molecule has 1 aliphatic rings. The minimum atomic E-state index is -1.02. The van der Waals surface area contributed by atoms with Crippen molar-refractivity contribution in [2.75, 3.05) is 19.7 Å². The van der Waals surface area contributed by atoms with Crippen LogP contribution in [0.2, 0.25) is 0 Å². The first-order valence-electron chi connectivity index (χ1n) is 6.38. The first-order valence-corrected chi connectivity index (χ1v) is 6.38. The molecule has 0 aliphatic carbocycles. The zero-order valence-corrected chi connectivity index (χ0v) is 11.0. The molecule has 106 valence electrons. The van der Waals surface area contributed by atoms with Gasteiger partial charge in [-0.15, -0.1) is 0 Å². The molecule has 1 rings (SSSR count). The number of aliphatic hydroxyl groups is 3. The molecule has 6 nitrogen and oxygen atoms in total. The Morgan fingerprint density at radius 3 is 2.50 bits per heavy atom. The van der Waals surface area contributed by atoms with Crippen LogP contribution in [-0.4, -0.2) is 64.1 Å². The highest BCUT2D eigenvalue weighted by Gasteiger charge is 2.37. The maximum absolute atomic E-state index is 12.1. The van der Waals surface area contributed by atoms with Crippen molar-refractivity contribution in [1.29, 1.82) is 0 Å². The first-order chi connectivity index (χ1) is 8.36. The summed E-state index contributed by atoms with van der Waals surface area (Å²) in [5.74, 6) is -0.421. The van der Waals surface area contributed by atoms with Gasteiger partial charge in [-0.1, -0.05) is 13.8 Å². The van der Waals surface area contributed by atoms with Crippen LogP contribution in [0.25, 0.3) is 0 Å². The third-order valence-electron chi connectivity index (χ3n) is 3.33. The fraction of sp³-hybridized carbons (Fsp3) is 0.917. The molecule has 0 spiro atoms. The Kier molecular flexibility index (Phi) is 5.52. The summed E-state index contributed by atoms with van der Waals surface area (Å²) in [5, 5.41) is 28.4. The number of hydrogen-bond acceptors (Lipinski definition) is 5. The highest BCUT2D eigenvalue weighted by molar-refractivity contribution is 5.81. The van der Waals surface area contributed by atoms with Crippen molar-refractivity contribution < 1.29 is 20.1 Å². The van der Waals surface area contributed by atoms with Crippen LogP contribution >= 0.6 is 0 Å². The van der Waals surface area contributed by atoms with Crippen LogP contribution in [0, 0.1) is 11.8 Å². The predicted octanol–water partition coefficient (Wildman–Crippen LogP) is -1.47. The summed E-state index contributed by atoms with van der Waals surface area (Å²) in [4.78, 5) is 13.5. The number of amides is 1. The number of nitrogens with zero attached hydrogens (tertiary/aromatic N) is 1. The summed E-state index contributed by atoms with van der Waals surface area (Å²) in [5.41, 5.74) is 5.82. The van der Waals surface area contributed by atoms with Crippen LogP contribution in [0.15, 0.2) is 0 Å². The predicted molar refractivity (Wildman–Crippen MR) is 66.6 cm³/mol. The van der Waals surface area contributed by atoms with Crippen molar-refractivity contribution >= 4 is 5.91 Å². The zero-order chi connectivity index (χ0) is 13.9. The van der Waals surface area contributed by atoms with E-state index in [4.69, 9.17) is 10.8 Å². The molecule has 0 radical (unpaired) electrons. The topological polar surface area (TPSA) is 107 Å². The number of likely N-dealkylation sites (tertiary alicyclic amines) is 1. The number of carbonyl (C=O) groups is 1. The summed E-state index contributed by atoms with van der Waals surface area (Å²) in [6, 6.07) is -0.591. The van der Waals surface area contributed by atoms with E-state index in [9.17, 15) is 15.0 Å². The summed E-state index contributed by atoms with van der Waals surface area (Å²) in [6.45, 7) is 4.01. The van der Waals surface area contributed by atoms with E-state index in [1.165, 1.54) is 4.90 Å². The van der Waals surface area contributed by atoms with E-state index in [0.717, 1.165) is 0 Å². The van der Waals surface area contributed by atoms with Crippen LogP contribution in [0.1, 0.15) is 20.3 Å². The number of rotatable bonds is 4. The summed E-state index contributed by atoms with van der Waals surface area (Å²) in [7, 11) is 0. The molecule has 1 aliphatic heterocycles. The molecule has 18 heavy (non-hydrogen) atoms. The maximum Gasteiger partial charge on any atom is 0.239 e. The molecule has 0 unspecified atom stereocenters. The smallest absolute Gasteiger partial charge is 0.239 e. The Balaban J connectivity index is 2.63. The number of β-amino-alcohol motifs (C(OH)–C–C–N with tert-alkyl or cyclic N) is 1. The van der Waals surface area contributed by atoms with E-state index in [1.807, 2.05) is 13.8 Å². The van der Waals surface area contributed by atoms with E-state index >= 15 is 0 Å². The Hall–Kier alpha value is -0.690.